The molecule has 0 fully saturated rings. The number of hydrogen-bond donors (Lipinski definition) is 2. The van der Waals surface area contributed by atoms with Gasteiger partial charge in [-0.05, 0) is 25.1 Å². The largest absolute Gasteiger partial charge is 0.416 e. The Kier molecular flexibility index (Phi) is 5.24. The number of nitrogens with zero attached hydrogens (tertiary/aromatic N) is 1. The van der Waals surface area contributed by atoms with Crippen LogP contribution >= 0.6 is 23.1 Å². The van der Waals surface area contributed by atoms with Crippen LogP contribution in [0, 0.1) is 6.92 Å². The Bertz CT molecular complexity index is 852. The van der Waals surface area contributed by atoms with Crippen LogP contribution in [0.2, 0.25) is 0 Å². The second-order valence-electron chi connectivity index (χ2n) is 5.67. The quantitative estimate of drug-likeness (QED) is 0.822. The van der Waals surface area contributed by atoms with Crippen LogP contribution in [0.15, 0.2) is 28.5 Å². The monoisotopic (exact) mass is 401 g/mol. The second-order valence-corrected chi connectivity index (χ2v) is 7.86. The molecule has 1 atom stereocenters. The van der Waals surface area contributed by atoms with Crippen LogP contribution < -0.4 is 10.6 Å². The van der Waals surface area contributed by atoms with Crippen LogP contribution in [0.5, 0.6) is 0 Å². The maximum absolute atomic E-state index is 12.8. The molecule has 2 N–H and O–H groups in total. The second kappa shape index (κ2) is 7.28. The molecule has 3 rings (SSSR count). The summed E-state index contributed by atoms with van der Waals surface area (Å²) in [5.41, 5.74) is 0.160. The van der Waals surface area contributed by atoms with Crippen molar-refractivity contribution in [1.29, 1.82) is 0 Å². The predicted molar refractivity (Wildman–Crippen MR) is 93.0 cm³/mol. The standard InChI is InChI=1S/C16H14F3N3O2S2/c1-8-7-25-14(21-8)6-20-13(23)5-12-15(24)22-10-4-9(16(17,18)19)2-3-11(10)26-12/h2-4,7,12H,5-6H2,1H3,(H,20,23)(H,22,24)/t12-/m1/s1. The molecule has 1 aliphatic rings. The van der Waals surface area contributed by atoms with E-state index in [1.807, 2.05) is 12.3 Å². The van der Waals surface area contributed by atoms with E-state index >= 15 is 0 Å². The van der Waals surface area contributed by atoms with Gasteiger partial charge in [0.2, 0.25) is 11.8 Å². The Hall–Kier alpha value is -2.07. The summed E-state index contributed by atoms with van der Waals surface area (Å²) in [5, 5.41) is 7.10. The van der Waals surface area contributed by atoms with E-state index in [4.69, 9.17) is 0 Å². The first-order valence-corrected chi connectivity index (χ1v) is 9.35. The Morgan fingerprint density at radius 1 is 1.38 bits per heavy atom. The average molecular weight is 401 g/mol. The van der Waals surface area contributed by atoms with E-state index in [0.29, 0.717) is 4.90 Å². The number of amides is 2. The number of carbonyl (C=O) groups is 2. The summed E-state index contributed by atoms with van der Waals surface area (Å²) >= 11 is 2.52. The Morgan fingerprint density at radius 2 is 2.15 bits per heavy atom. The molecule has 26 heavy (non-hydrogen) atoms. The van der Waals surface area contributed by atoms with Crippen molar-refractivity contribution >= 4 is 40.6 Å². The molecular weight excluding hydrogens is 387 g/mol. The van der Waals surface area contributed by atoms with E-state index in [1.165, 1.54) is 17.4 Å². The number of thioether (sulfide) groups is 1. The van der Waals surface area contributed by atoms with Gasteiger partial charge in [-0.25, -0.2) is 4.98 Å². The number of halogens is 3. The number of nitrogens with one attached hydrogen (secondary N) is 2. The van der Waals surface area contributed by atoms with Crippen LogP contribution in [0.4, 0.5) is 18.9 Å². The van der Waals surface area contributed by atoms with Crippen molar-refractivity contribution in [3.63, 3.8) is 0 Å². The van der Waals surface area contributed by atoms with Gasteiger partial charge in [-0.15, -0.1) is 23.1 Å². The summed E-state index contributed by atoms with van der Waals surface area (Å²) < 4.78 is 38.3. The zero-order valence-corrected chi connectivity index (χ0v) is 15.1. The Balaban J connectivity index is 1.62. The highest BCUT2D eigenvalue weighted by molar-refractivity contribution is 8.01. The van der Waals surface area contributed by atoms with E-state index in [9.17, 15) is 22.8 Å². The van der Waals surface area contributed by atoms with Crippen molar-refractivity contribution in [2.24, 2.45) is 0 Å². The third-order valence-electron chi connectivity index (χ3n) is 3.60. The highest BCUT2D eigenvalue weighted by Gasteiger charge is 2.34. The number of benzene rings is 1. The van der Waals surface area contributed by atoms with Crippen molar-refractivity contribution < 1.29 is 22.8 Å². The predicted octanol–water partition coefficient (Wildman–Crippen LogP) is 3.59. The first kappa shape index (κ1) is 18.7. The molecule has 1 aliphatic heterocycles. The maximum Gasteiger partial charge on any atom is 0.416 e. The summed E-state index contributed by atoms with van der Waals surface area (Å²) in [5.74, 6) is -0.803. The number of alkyl halides is 3. The highest BCUT2D eigenvalue weighted by atomic mass is 32.2. The first-order chi connectivity index (χ1) is 12.2. The van der Waals surface area contributed by atoms with E-state index in [0.717, 1.165) is 34.6 Å². The van der Waals surface area contributed by atoms with Crippen LogP contribution in [0.3, 0.4) is 0 Å². The van der Waals surface area contributed by atoms with Crippen molar-refractivity contribution in [1.82, 2.24) is 10.3 Å². The van der Waals surface area contributed by atoms with Gasteiger partial charge in [0.15, 0.2) is 0 Å². The van der Waals surface area contributed by atoms with Gasteiger partial charge >= 0.3 is 6.18 Å². The lowest BCUT2D eigenvalue weighted by atomic mass is 10.1. The molecule has 1 aromatic heterocycles. The molecule has 0 saturated carbocycles. The van der Waals surface area contributed by atoms with Crippen molar-refractivity contribution in [2.45, 2.75) is 36.2 Å². The third kappa shape index (κ3) is 4.36. The summed E-state index contributed by atoms with van der Waals surface area (Å²) in [4.78, 5) is 28.9. The smallest absolute Gasteiger partial charge is 0.350 e. The van der Waals surface area contributed by atoms with E-state index in [2.05, 4.69) is 15.6 Å². The maximum atomic E-state index is 12.8. The number of aryl methyl sites for hydroxylation is 1. The highest BCUT2D eigenvalue weighted by Crippen LogP contribution is 2.40. The molecule has 138 valence electrons. The number of aromatic nitrogens is 1. The number of fused-ring (bicyclic) bond motifs is 1. The average Bonchev–Trinajstić information content (AvgIpc) is 2.98. The molecule has 0 saturated heterocycles. The third-order valence-corrected chi connectivity index (χ3v) is 5.84. The van der Waals surface area contributed by atoms with Gasteiger partial charge in [-0.1, -0.05) is 0 Å². The van der Waals surface area contributed by atoms with Crippen molar-refractivity contribution in [3.8, 4) is 0 Å². The number of rotatable bonds is 4. The molecule has 2 amide bonds. The summed E-state index contributed by atoms with van der Waals surface area (Å²) in [6.45, 7) is 2.13. The van der Waals surface area contributed by atoms with Gasteiger partial charge in [-0.3, -0.25) is 9.59 Å². The molecule has 10 heteroatoms. The fraction of sp³-hybridized carbons (Fsp3) is 0.312. The molecule has 0 aliphatic carbocycles. The minimum atomic E-state index is -4.48. The fourth-order valence-corrected chi connectivity index (χ4v) is 4.16. The minimum absolute atomic E-state index is 0.0681. The molecule has 0 spiro atoms. The van der Waals surface area contributed by atoms with E-state index in [1.54, 1.807) is 0 Å². The summed E-state index contributed by atoms with van der Waals surface area (Å²) in [7, 11) is 0. The summed E-state index contributed by atoms with van der Waals surface area (Å²) in [6.07, 6.45) is -4.54. The molecule has 0 unspecified atom stereocenters. The molecule has 1 aromatic carbocycles. The lowest BCUT2D eigenvalue weighted by Crippen LogP contribution is -2.34. The van der Waals surface area contributed by atoms with Gasteiger partial charge in [0.1, 0.15) is 5.01 Å². The molecular formula is C16H14F3N3O2S2. The summed E-state index contributed by atoms with van der Waals surface area (Å²) in [6, 6.07) is 3.18. The van der Waals surface area contributed by atoms with Crippen LogP contribution in [-0.4, -0.2) is 22.0 Å². The normalized spacial score (nSPS) is 16.8. The van der Waals surface area contributed by atoms with Gasteiger partial charge < -0.3 is 10.6 Å². The zero-order chi connectivity index (χ0) is 18.9. The number of anilines is 1. The van der Waals surface area contributed by atoms with Gasteiger partial charge in [0.05, 0.1) is 23.0 Å². The molecule has 2 aromatic rings. The van der Waals surface area contributed by atoms with Crippen LogP contribution in [0.25, 0.3) is 0 Å². The van der Waals surface area contributed by atoms with Crippen molar-refractivity contribution in [2.75, 3.05) is 5.32 Å². The first-order valence-electron chi connectivity index (χ1n) is 7.59. The molecule has 2 heterocycles. The Labute approximate surface area is 155 Å². The molecule has 0 bridgehead atoms. The lowest BCUT2D eigenvalue weighted by molar-refractivity contribution is -0.137. The van der Waals surface area contributed by atoms with Gasteiger partial charge in [0, 0.05) is 22.4 Å². The van der Waals surface area contributed by atoms with Crippen LogP contribution in [-0.2, 0) is 22.3 Å². The zero-order valence-electron chi connectivity index (χ0n) is 13.5. The van der Waals surface area contributed by atoms with Crippen molar-refractivity contribution in [3.05, 3.63) is 39.8 Å². The number of hydrogen-bond acceptors (Lipinski definition) is 5. The topological polar surface area (TPSA) is 71.1 Å². The lowest BCUT2D eigenvalue weighted by Gasteiger charge is -2.24. The van der Waals surface area contributed by atoms with Gasteiger partial charge in [0.25, 0.3) is 0 Å². The molecule has 0 radical (unpaired) electrons. The van der Waals surface area contributed by atoms with Gasteiger partial charge in [-0.2, -0.15) is 13.2 Å². The Morgan fingerprint density at radius 3 is 2.81 bits per heavy atom. The SMILES string of the molecule is Cc1csc(CNC(=O)C[C@H]2Sc3ccc(C(F)(F)F)cc3NC2=O)n1. The van der Waals surface area contributed by atoms with Crippen LogP contribution in [0.1, 0.15) is 22.7 Å². The minimum Gasteiger partial charge on any atom is -0.350 e. The van der Waals surface area contributed by atoms with E-state index < -0.39 is 22.9 Å². The number of carbonyl (C=O) groups excluding carboxylic acids is 2. The fourth-order valence-electron chi connectivity index (χ4n) is 2.36. The molecule has 5 nitrogen and oxygen atoms in total. The van der Waals surface area contributed by atoms with E-state index in [-0.39, 0.29) is 24.6 Å². The number of thiazole rings is 1.